The van der Waals surface area contributed by atoms with E-state index in [9.17, 15) is 0 Å². The topological polar surface area (TPSA) is 94.3 Å². The Labute approximate surface area is 178 Å². The SMILES string of the molecule is CC1c2cnnc(c2)Nc2ccc3ncc(-c4cnn(C)c4)c(c3n2)-c2ccnc1c2. The summed E-state index contributed by atoms with van der Waals surface area (Å²) in [6.45, 7) is 2.13. The maximum atomic E-state index is 4.92. The minimum Gasteiger partial charge on any atom is -0.323 e. The standard InChI is InChI=1S/C23H18N8/c1-13-15-8-21(30-26-9-15)28-20-4-3-18-23(29-20)22(14-5-6-24-19(13)7-14)17(11-25-18)16-10-27-31(2)12-16/h3-13H,1-2H3,(H,28,29,30). The van der Waals surface area contributed by atoms with Crippen LogP contribution in [0.25, 0.3) is 33.3 Å². The zero-order valence-electron chi connectivity index (χ0n) is 17.0. The van der Waals surface area contributed by atoms with Crippen LogP contribution in [0.2, 0.25) is 0 Å². The van der Waals surface area contributed by atoms with Crippen LogP contribution in [0.3, 0.4) is 0 Å². The summed E-state index contributed by atoms with van der Waals surface area (Å²) in [6.07, 6.45) is 9.37. The lowest BCUT2D eigenvalue weighted by molar-refractivity contribution is 0.768. The molecule has 150 valence electrons. The number of rotatable bonds is 1. The molecule has 0 fully saturated rings. The molecule has 0 aromatic carbocycles. The van der Waals surface area contributed by atoms with Gasteiger partial charge in [0.15, 0.2) is 5.82 Å². The molecule has 6 heterocycles. The molecular weight excluding hydrogens is 388 g/mol. The summed E-state index contributed by atoms with van der Waals surface area (Å²) in [7, 11) is 1.91. The first-order valence-electron chi connectivity index (χ1n) is 10.0. The Morgan fingerprint density at radius 1 is 0.968 bits per heavy atom. The van der Waals surface area contributed by atoms with Gasteiger partial charge in [-0.1, -0.05) is 6.92 Å². The van der Waals surface area contributed by atoms with E-state index >= 15 is 0 Å². The predicted molar refractivity (Wildman–Crippen MR) is 118 cm³/mol. The van der Waals surface area contributed by atoms with Gasteiger partial charge in [-0.2, -0.15) is 10.2 Å². The maximum absolute atomic E-state index is 4.92. The van der Waals surface area contributed by atoms with Crippen LogP contribution in [0.15, 0.2) is 61.3 Å². The number of pyridine rings is 3. The van der Waals surface area contributed by atoms with Crippen molar-refractivity contribution in [1.82, 2.24) is 34.9 Å². The number of aromatic nitrogens is 7. The molecule has 6 rings (SSSR count). The number of hydrogen-bond donors (Lipinski definition) is 1. The average Bonchev–Trinajstić information content (AvgIpc) is 3.23. The number of nitrogens with one attached hydrogen (secondary N) is 1. The van der Waals surface area contributed by atoms with Crippen molar-refractivity contribution in [3.05, 3.63) is 72.6 Å². The molecule has 1 aliphatic heterocycles. The van der Waals surface area contributed by atoms with Gasteiger partial charge < -0.3 is 5.32 Å². The van der Waals surface area contributed by atoms with Crippen LogP contribution in [0.1, 0.15) is 24.1 Å². The van der Waals surface area contributed by atoms with Crippen molar-refractivity contribution in [3.63, 3.8) is 0 Å². The summed E-state index contributed by atoms with van der Waals surface area (Å²) >= 11 is 0. The zero-order valence-corrected chi connectivity index (χ0v) is 17.0. The average molecular weight is 406 g/mol. The predicted octanol–water partition coefficient (Wildman–Crippen LogP) is 4.09. The van der Waals surface area contributed by atoms with Gasteiger partial charge in [0, 0.05) is 53.9 Å². The number of fused-ring (bicyclic) bond motifs is 6. The van der Waals surface area contributed by atoms with Crippen LogP contribution in [-0.4, -0.2) is 34.9 Å². The Kier molecular flexibility index (Phi) is 3.79. The highest BCUT2D eigenvalue weighted by Crippen LogP contribution is 2.38. The van der Waals surface area contributed by atoms with E-state index in [1.54, 1.807) is 10.9 Å². The van der Waals surface area contributed by atoms with Crippen LogP contribution >= 0.6 is 0 Å². The second kappa shape index (κ2) is 6.66. The van der Waals surface area contributed by atoms with Crippen molar-refractivity contribution >= 4 is 22.7 Å². The van der Waals surface area contributed by atoms with Gasteiger partial charge in [0.25, 0.3) is 0 Å². The second-order valence-corrected chi connectivity index (χ2v) is 7.70. The molecule has 5 aromatic rings. The Hall–Kier alpha value is -4.20. The summed E-state index contributed by atoms with van der Waals surface area (Å²) in [5.74, 6) is 1.39. The lowest BCUT2D eigenvalue weighted by atomic mass is 9.93. The molecule has 6 bridgehead atoms. The molecule has 8 heteroatoms. The molecule has 8 nitrogen and oxygen atoms in total. The van der Waals surface area contributed by atoms with Gasteiger partial charge in [-0.15, -0.1) is 5.10 Å². The maximum Gasteiger partial charge on any atom is 0.154 e. The van der Waals surface area contributed by atoms with E-state index in [1.807, 2.05) is 56.1 Å². The molecule has 1 atom stereocenters. The van der Waals surface area contributed by atoms with Gasteiger partial charge in [-0.05, 0) is 41.5 Å². The lowest BCUT2D eigenvalue weighted by Gasteiger charge is -2.17. The van der Waals surface area contributed by atoms with Gasteiger partial charge in [0.2, 0.25) is 0 Å². The summed E-state index contributed by atoms with van der Waals surface area (Å²) < 4.78 is 1.79. The summed E-state index contributed by atoms with van der Waals surface area (Å²) in [5.41, 5.74) is 7.62. The van der Waals surface area contributed by atoms with Crippen molar-refractivity contribution < 1.29 is 0 Å². The van der Waals surface area contributed by atoms with E-state index in [2.05, 4.69) is 43.6 Å². The molecule has 5 aromatic heterocycles. The normalized spacial score (nSPS) is 14.7. The fourth-order valence-electron chi connectivity index (χ4n) is 4.03. The fraction of sp³-hybridized carbons (Fsp3) is 0.130. The zero-order chi connectivity index (χ0) is 20.9. The Balaban J connectivity index is 1.72. The van der Waals surface area contributed by atoms with Gasteiger partial charge in [0.05, 0.1) is 23.4 Å². The Morgan fingerprint density at radius 2 is 1.90 bits per heavy atom. The first kappa shape index (κ1) is 17.6. The van der Waals surface area contributed by atoms with Crippen molar-refractivity contribution in [2.24, 2.45) is 7.05 Å². The van der Waals surface area contributed by atoms with Crippen molar-refractivity contribution in [2.75, 3.05) is 5.32 Å². The monoisotopic (exact) mass is 406 g/mol. The van der Waals surface area contributed by atoms with Crippen molar-refractivity contribution in [1.29, 1.82) is 0 Å². The van der Waals surface area contributed by atoms with Crippen LogP contribution in [0.5, 0.6) is 0 Å². The number of hydrogen-bond acceptors (Lipinski definition) is 7. The quantitative estimate of drug-likeness (QED) is 0.448. The smallest absolute Gasteiger partial charge is 0.154 e. The molecular formula is C23H18N8. The fourth-order valence-corrected chi connectivity index (χ4v) is 4.03. The van der Waals surface area contributed by atoms with Crippen molar-refractivity contribution in [3.8, 4) is 22.3 Å². The van der Waals surface area contributed by atoms with E-state index in [0.717, 1.165) is 44.5 Å². The molecule has 1 N–H and O–H groups in total. The lowest BCUT2D eigenvalue weighted by Crippen LogP contribution is -2.05. The van der Waals surface area contributed by atoms with E-state index in [4.69, 9.17) is 4.98 Å². The Bertz CT molecular complexity index is 1460. The van der Waals surface area contributed by atoms with Crippen molar-refractivity contribution in [2.45, 2.75) is 12.8 Å². The third-order valence-electron chi connectivity index (χ3n) is 5.67. The highest BCUT2D eigenvalue weighted by atomic mass is 15.2. The van der Waals surface area contributed by atoms with Gasteiger partial charge in [-0.3, -0.25) is 14.6 Å². The highest BCUT2D eigenvalue weighted by Gasteiger charge is 2.19. The Morgan fingerprint density at radius 3 is 2.77 bits per heavy atom. The third kappa shape index (κ3) is 2.92. The van der Waals surface area contributed by atoms with Gasteiger partial charge in [0.1, 0.15) is 5.82 Å². The largest absolute Gasteiger partial charge is 0.323 e. The first-order chi connectivity index (χ1) is 15.2. The minimum absolute atomic E-state index is 0.0564. The summed E-state index contributed by atoms with van der Waals surface area (Å²) in [5, 5.41) is 16.0. The molecule has 0 spiro atoms. The molecule has 31 heavy (non-hydrogen) atoms. The van der Waals surface area contributed by atoms with Crippen LogP contribution < -0.4 is 5.32 Å². The molecule has 1 unspecified atom stereocenters. The molecule has 0 aliphatic carbocycles. The van der Waals surface area contributed by atoms with Gasteiger partial charge >= 0.3 is 0 Å². The van der Waals surface area contributed by atoms with Gasteiger partial charge in [-0.25, -0.2) is 4.98 Å². The molecule has 0 amide bonds. The third-order valence-corrected chi connectivity index (χ3v) is 5.67. The summed E-state index contributed by atoms with van der Waals surface area (Å²) in [4.78, 5) is 14.3. The van der Waals surface area contributed by atoms with E-state index in [0.29, 0.717) is 11.6 Å². The molecule has 1 aliphatic rings. The van der Waals surface area contributed by atoms with Crippen LogP contribution in [0, 0.1) is 0 Å². The van der Waals surface area contributed by atoms with E-state index in [1.165, 1.54) is 0 Å². The number of nitrogens with zero attached hydrogens (tertiary/aromatic N) is 7. The van der Waals surface area contributed by atoms with Crippen LogP contribution in [0.4, 0.5) is 11.6 Å². The molecule has 0 saturated heterocycles. The summed E-state index contributed by atoms with van der Waals surface area (Å²) in [6, 6.07) is 10.0. The minimum atomic E-state index is 0.0564. The van der Waals surface area contributed by atoms with E-state index in [-0.39, 0.29) is 5.92 Å². The molecule has 0 radical (unpaired) electrons. The number of anilines is 2. The highest BCUT2D eigenvalue weighted by molar-refractivity contribution is 6.00. The second-order valence-electron chi connectivity index (χ2n) is 7.70. The van der Waals surface area contributed by atoms with E-state index < -0.39 is 0 Å². The number of aryl methyl sites for hydroxylation is 1. The van der Waals surface area contributed by atoms with Crippen LogP contribution in [-0.2, 0) is 7.05 Å². The molecule has 0 saturated carbocycles. The first-order valence-corrected chi connectivity index (χ1v) is 10.0.